The molecule has 1 unspecified atom stereocenters. The van der Waals surface area contributed by atoms with E-state index in [0.717, 1.165) is 12.0 Å². The fourth-order valence-electron chi connectivity index (χ4n) is 1.19. The van der Waals surface area contributed by atoms with Crippen LogP contribution in [0.5, 0.6) is 5.75 Å². The van der Waals surface area contributed by atoms with Crippen LogP contribution in [-0.2, 0) is 6.42 Å². The van der Waals surface area contributed by atoms with Gasteiger partial charge in [-0.3, -0.25) is 0 Å². The maximum Gasteiger partial charge on any atom is 0.122 e. The molecule has 0 aliphatic rings. The number of rotatable bonds is 6. The van der Waals surface area contributed by atoms with Crippen LogP contribution in [0.25, 0.3) is 0 Å². The van der Waals surface area contributed by atoms with Gasteiger partial charge in [-0.25, -0.2) is 0 Å². The van der Waals surface area contributed by atoms with Crippen molar-refractivity contribution in [3.63, 3.8) is 0 Å². The lowest BCUT2D eigenvalue weighted by atomic mass is 10.1. The Balaban J connectivity index is 2.62. The minimum Gasteiger partial charge on any atom is -0.490 e. The van der Waals surface area contributed by atoms with E-state index in [1.807, 2.05) is 24.3 Å². The van der Waals surface area contributed by atoms with Crippen LogP contribution in [0.2, 0.25) is 0 Å². The Morgan fingerprint density at radius 3 is 2.80 bits per heavy atom. The zero-order valence-corrected chi connectivity index (χ0v) is 8.47. The molecule has 0 aliphatic carbocycles. The Hall–Kier alpha value is -1.32. The normalized spacial score (nSPS) is 12.1. The van der Waals surface area contributed by atoms with E-state index in [9.17, 15) is 0 Å². The first kappa shape index (κ1) is 11.8. The molecule has 0 spiro atoms. The molecule has 1 rings (SSSR count). The zero-order valence-electron chi connectivity index (χ0n) is 8.47. The molecule has 0 aromatic heterocycles. The van der Waals surface area contributed by atoms with Crippen LogP contribution in [0.1, 0.15) is 5.56 Å². The van der Waals surface area contributed by atoms with E-state index in [4.69, 9.17) is 14.9 Å². The lowest BCUT2D eigenvalue weighted by Gasteiger charge is -2.12. The minimum absolute atomic E-state index is 0.0463. The summed E-state index contributed by atoms with van der Waals surface area (Å²) in [7, 11) is 0. The lowest BCUT2D eigenvalue weighted by Crippen LogP contribution is -2.18. The molecular weight excluding hydrogens is 192 g/mol. The number of hydrogen-bond acceptors (Lipinski definition) is 3. The van der Waals surface area contributed by atoms with Crippen LogP contribution in [0.15, 0.2) is 36.9 Å². The Labute approximate surface area is 89.6 Å². The SMILES string of the molecule is C=CCc1ccccc1OCC(O)[CH]O. The molecule has 0 aliphatic heterocycles. The zero-order chi connectivity index (χ0) is 11.1. The van der Waals surface area contributed by atoms with Crippen molar-refractivity contribution in [1.29, 1.82) is 0 Å². The fraction of sp³-hybridized carbons (Fsp3) is 0.250. The Morgan fingerprint density at radius 1 is 1.40 bits per heavy atom. The molecule has 0 fully saturated rings. The molecule has 0 bridgehead atoms. The second-order valence-corrected chi connectivity index (χ2v) is 3.13. The second kappa shape index (κ2) is 6.22. The summed E-state index contributed by atoms with van der Waals surface area (Å²) < 4.78 is 5.35. The average Bonchev–Trinajstić information content (AvgIpc) is 2.28. The first-order chi connectivity index (χ1) is 7.27. The van der Waals surface area contributed by atoms with Crippen LogP contribution in [0.4, 0.5) is 0 Å². The van der Waals surface area contributed by atoms with Gasteiger partial charge in [-0.15, -0.1) is 6.58 Å². The molecule has 0 amide bonds. The Kier molecular flexibility index (Phi) is 4.87. The molecule has 1 atom stereocenters. The Morgan fingerprint density at radius 2 is 2.13 bits per heavy atom. The fourth-order valence-corrected chi connectivity index (χ4v) is 1.19. The van der Waals surface area contributed by atoms with E-state index in [0.29, 0.717) is 12.4 Å². The number of benzene rings is 1. The van der Waals surface area contributed by atoms with Crippen molar-refractivity contribution in [2.45, 2.75) is 12.5 Å². The van der Waals surface area contributed by atoms with Crippen LogP contribution in [0, 0.1) is 6.61 Å². The third-order valence-corrected chi connectivity index (χ3v) is 1.92. The van der Waals surface area contributed by atoms with Crippen molar-refractivity contribution >= 4 is 0 Å². The summed E-state index contributed by atoms with van der Waals surface area (Å²) in [6.07, 6.45) is 1.55. The predicted molar refractivity (Wildman–Crippen MR) is 58.1 cm³/mol. The maximum atomic E-state index is 9.09. The largest absolute Gasteiger partial charge is 0.490 e. The molecule has 3 heteroatoms. The molecule has 1 radical (unpaired) electrons. The van der Waals surface area contributed by atoms with Crippen molar-refractivity contribution in [1.82, 2.24) is 0 Å². The van der Waals surface area contributed by atoms with Crippen LogP contribution >= 0.6 is 0 Å². The quantitative estimate of drug-likeness (QED) is 0.698. The van der Waals surface area contributed by atoms with Gasteiger partial charge in [0.25, 0.3) is 0 Å². The molecule has 1 aromatic carbocycles. The van der Waals surface area contributed by atoms with Gasteiger partial charge in [0, 0.05) is 0 Å². The molecule has 15 heavy (non-hydrogen) atoms. The summed E-state index contributed by atoms with van der Waals surface area (Å²) in [6, 6.07) is 7.53. The third-order valence-electron chi connectivity index (χ3n) is 1.92. The molecule has 2 N–H and O–H groups in total. The van der Waals surface area contributed by atoms with Crippen LogP contribution in [-0.4, -0.2) is 22.9 Å². The van der Waals surface area contributed by atoms with Gasteiger partial charge in [-0.05, 0) is 18.1 Å². The third kappa shape index (κ3) is 3.73. The van der Waals surface area contributed by atoms with E-state index in [1.54, 1.807) is 6.08 Å². The summed E-state index contributed by atoms with van der Waals surface area (Å²) in [5, 5.41) is 17.6. The first-order valence-corrected chi connectivity index (χ1v) is 4.75. The van der Waals surface area contributed by atoms with Crippen LogP contribution < -0.4 is 4.74 Å². The van der Waals surface area contributed by atoms with Crippen LogP contribution in [0.3, 0.4) is 0 Å². The van der Waals surface area contributed by atoms with E-state index < -0.39 is 6.10 Å². The molecule has 0 heterocycles. The van der Waals surface area contributed by atoms with Gasteiger partial charge in [-0.2, -0.15) is 0 Å². The molecule has 3 nitrogen and oxygen atoms in total. The molecular formula is C12H15O3. The number of aliphatic hydroxyl groups excluding tert-OH is 2. The molecule has 0 saturated heterocycles. The predicted octanol–water partition coefficient (Wildman–Crippen LogP) is 1.69. The van der Waals surface area contributed by atoms with E-state index in [2.05, 4.69) is 6.58 Å². The van der Waals surface area contributed by atoms with Crippen molar-refractivity contribution in [2.75, 3.05) is 6.61 Å². The van der Waals surface area contributed by atoms with Gasteiger partial charge >= 0.3 is 0 Å². The maximum absolute atomic E-state index is 9.09. The van der Waals surface area contributed by atoms with Gasteiger partial charge in [0.05, 0.1) is 0 Å². The first-order valence-electron chi connectivity index (χ1n) is 4.75. The van der Waals surface area contributed by atoms with E-state index in [1.165, 1.54) is 0 Å². The number of allylic oxidation sites excluding steroid dienone is 1. The van der Waals surface area contributed by atoms with E-state index in [-0.39, 0.29) is 6.61 Å². The van der Waals surface area contributed by atoms with Gasteiger partial charge in [-0.1, -0.05) is 24.3 Å². The van der Waals surface area contributed by atoms with Crippen molar-refractivity contribution in [2.24, 2.45) is 0 Å². The summed E-state index contributed by atoms with van der Waals surface area (Å²) in [5.41, 5.74) is 1.01. The summed E-state index contributed by atoms with van der Waals surface area (Å²) in [6.45, 7) is 4.41. The van der Waals surface area contributed by atoms with Crippen molar-refractivity contribution in [3.05, 3.63) is 49.1 Å². The average molecular weight is 207 g/mol. The summed E-state index contributed by atoms with van der Waals surface area (Å²) in [4.78, 5) is 0. The minimum atomic E-state index is -0.957. The number of aliphatic hydroxyl groups is 2. The highest BCUT2D eigenvalue weighted by Crippen LogP contribution is 2.18. The topological polar surface area (TPSA) is 49.7 Å². The van der Waals surface area contributed by atoms with Gasteiger partial charge in [0.2, 0.25) is 0 Å². The van der Waals surface area contributed by atoms with Crippen molar-refractivity contribution in [3.8, 4) is 5.75 Å². The van der Waals surface area contributed by atoms with Crippen molar-refractivity contribution < 1.29 is 14.9 Å². The number of para-hydroxylation sites is 1. The van der Waals surface area contributed by atoms with E-state index >= 15 is 0 Å². The number of ether oxygens (including phenoxy) is 1. The molecule has 1 aromatic rings. The monoisotopic (exact) mass is 207 g/mol. The van der Waals surface area contributed by atoms with Gasteiger partial charge in [0.15, 0.2) is 0 Å². The van der Waals surface area contributed by atoms with Gasteiger partial charge < -0.3 is 14.9 Å². The highest BCUT2D eigenvalue weighted by atomic mass is 16.5. The van der Waals surface area contributed by atoms with Gasteiger partial charge in [0.1, 0.15) is 25.1 Å². The highest BCUT2D eigenvalue weighted by Gasteiger charge is 2.05. The summed E-state index contributed by atoms with van der Waals surface area (Å²) in [5.74, 6) is 0.707. The number of hydrogen-bond donors (Lipinski definition) is 2. The standard InChI is InChI=1S/C12H15O3/c1-2-5-10-6-3-4-7-12(10)15-9-11(14)8-13/h2-4,6-8,11,13-14H,1,5,9H2. The smallest absolute Gasteiger partial charge is 0.122 e. The highest BCUT2D eigenvalue weighted by molar-refractivity contribution is 5.34. The summed E-state index contributed by atoms with van der Waals surface area (Å²) >= 11 is 0. The second-order valence-electron chi connectivity index (χ2n) is 3.13. The lowest BCUT2D eigenvalue weighted by molar-refractivity contribution is 0.0911. The Bertz CT molecular complexity index is 309. The molecule has 0 saturated carbocycles. The molecule has 81 valence electrons.